The van der Waals surface area contributed by atoms with Crippen LogP contribution in [0.25, 0.3) is 0 Å². The van der Waals surface area contributed by atoms with Gasteiger partial charge >= 0.3 is 6.09 Å². The first kappa shape index (κ1) is 17.9. The predicted molar refractivity (Wildman–Crippen MR) is 104 cm³/mol. The van der Waals surface area contributed by atoms with Gasteiger partial charge < -0.3 is 4.74 Å². The highest BCUT2D eigenvalue weighted by Gasteiger charge is 2.58. The summed E-state index contributed by atoms with van der Waals surface area (Å²) in [5, 5.41) is 0.0502. The fourth-order valence-corrected chi connectivity index (χ4v) is 4.28. The van der Waals surface area contributed by atoms with Crippen molar-refractivity contribution in [1.82, 2.24) is 4.90 Å². The van der Waals surface area contributed by atoms with Gasteiger partial charge in [-0.15, -0.1) is 11.8 Å². The van der Waals surface area contributed by atoms with Crippen LogP contribution >= 0.6 is 11.8 Å². The van der Waals surface area contributed by atoms with Gasteiger partial charge in [0.25, 0.3) is 0 Å². The molecule has 4 heteroatoms. The second-order valence-corrected chi connectivity index (χ2v) is 7.92. The lowest BCUT2D eigenvalue weighted by molar-refractivity contribution is 0.0545. The number of hydrogen-bond acceptors (Lipinski definition) is 3. The molecule has 0 bridgehead atoms. The highest BCUT2D eigenvalue weighted by Crippen LogP contribution is 2.48. The quantitative estimate of drug-likeness (QED) is 0.746. The van der Waals surface area contributed by atoms with Gasteiger partial charge in [0.2, 0.25) is 0 Å². The minimum absolute atomic E-state index is 0.0502. The lowest BCUT2D eigenvalue weighted by atomic mass is 9.76. The van der Waals surface area contributed by atoms with E-state index in [2.05, 4.69) is 45.0 Å². The Morgan fingerprint density at radius 1 is 0.960 bits per heavy atom. The number of ether oxygens (including phenoxy) is 1. The maximum absolute atomic E-state index is 12.9. The number of thioether (sulfide) groups is 1. The number of carbonyl (C=O) groups is 1. The number of carbonyl (C=O) groups excluding carboxylic acids is 1. The van der Waals surface area contributed by atoms with Gasteiger partial charge in [-0.3, -0.25) is 4.90 Å². The molecule has 2 aromatic rings. The average molecular weight is 356 g/mol. The number of cyclic esters (lactones) is 1. The Labute approximate surface area is 154 Å². The van der Waals surface area contributed by atoms with Crippen LogP contribution in [0.3, 0.4) is 0 Å². The van der Waals surface area contributed by atoms with E-state index in [4.69, 9.17) is 4.74 Å². The third-order valence-electron chi connectivity index (χ3n) is 4.94. The minimum Gasteiger partial charge on any atom is -0.431 e. The van der Waals surface area contributed by atoms with Crippen LogP contribution in [-0.4, -0.2) is 28.7 Å². The Bertz CT molecular complexity index is 678. The third kappa shape index (κ3) is 2.93. The molecule has 3 rings (SSSR count). The molecule has 1 heterocycles. The lowest BCUT2D eigenvalue weighted by Crippen LogP contribution is -2.49. The molecule has 2 aromatic carbocycles. The molecule has 0 aromatic heterocycles. The number of benzene rings is 2. The summed E-state index contributed by atoms with van der Waals surface area (Å²) >= 11 is 1.66. The monoisotopic (exact) mass is 355 g/mol. The second-order valence-electron chi connectivity index (χ2n) is 6.77. The van der Waals surface area contributed by atoms with Crippen LogP contribution in [0.4, 0.5) is 4.79 Å². The summed E-state index contributed by atoms with van der Waals surface area (Å²) in [6.07, 6.45) is 1.79. The van der Waals surface area contributed by atoms with Crippen LogP contribution in [0, 0.1) is 5.92 Å². The first-order chi connectivity index (χ1) is 12.0. The summed E-state index contributed by atoms with van der Waals surface area (Å²) in [7, 11) is 0. The zero-order valence-electron chi connectivity index (χ0n) is 15.2. The molecule has 3 nitrogen and oxygen atoms in total. The van der Waals surface area contributed by atoms with Gasteiger partial charge in [0.05, 0.1) is 11.4 Å². The molecule has 25 heavy (non-hydrogen) atoms. The van der Waals surface area contributed by atoms with Gasteiger partial charge in [0.1, 0.15) is 0 Å². The highest BCUT2D eigenvalue weighted by atomic mass is 32.2. The van der Waals surface area contributed by atoms with Gasteiger partial charge in [-0.1, -0.05) is 74.5 Å². The van der Waals surface area contributed by atoms with E-state index in [-0.39, 0.29) is 23.4 Å². The third-order valence-corrected chi connectivity index (χ3v) is 5.85. The lowest BCUT2D eigenvalue weighted by Gasteiger charge is -2.39. The maximum atomic E-state index is 12.9. The Morgan fingerprint density at radius 2 is 1.44 bits per heavy atom. The predicted octanol–water partition coefficient (Wildman–Crippen LogP) is 5.12. The van der Waals surface area contributed by atoms with Crippen molar-refractivity contribution in [3.05, 3.63) is 71.8 Å². The van der Waals surface area contributed by atoms with Crippen LogP contribution in [0.2, 0.25) is 0 Å². The topological polar surface area (TPSA) is 29.5 Å². The Kier molecular flexibility index (Phi) is 5.09. The van der Waals surface area contributed by atoms with Crippen LogP contribution in [-0.2, 0) is 10.3 Å². The standard InChI is InChI=1S/C21H25NO2S/c1-15(2)19-21(17-11-7-5-8-12-17,18-13-9-6-10-14-18)24-20(23)22(19)16(3)25-4/h5-16,19H,1-4H3/t16?,19-/m0/s1. The molecule has 2 atom stereocenters. The number of amides is 1. The van der Waals surface area contributed by atoms with Crippen molar-refractivity contribution in [3.8, 4) is 0 Å². The van der Waals surface area contributed by atoms with E-state index in [0.29, 0.717) is 0 Å². The van der Waals surface area contributed by atoms with Crippen molar-refractivity contribution in [2.75, 3.05) is 6.26 Å². The Balaban J connectivity index is 2.25. The average Bonchev–Trinajstić information content (AvgIpc) is 2.97. The number of rotatable bonds is 5. The summed E-state index contributed by atoms with van der Waals surface area (Å²) in [6, 6.07) is 20.2. The first-order valence-electron chi connectivity index (χ1n) is 8.67. The fourth-order valence-electron chi connectivity index (χ4n) is 3.84. The number of nitrogens with zero attached hydrogens (tertiary/aromatic N) is 1. The molecular weight excluding hydrogens is 330 g/mol. The second kappa shape index (κ2) is 7.12. The molecule has 1 unspecified atom stereocenters. The van der Waals surface area contributed by atoms with Crippen LogP contribution in [0.1, 0.15) is 31.9 Å². The van der Waals surface area contributed by atoms with Gasteiger partial charge in [-0.2, -0.15) is 0 Å². The summed E-state index contributed by atoms with van der Waals surface area (Å²) in [5.74, 6) is 0.237. The smallest absolute Gasteiger partial charge is 0.412 e. The van der Waals surface area contributed by atoms with Gasteiger partial charge in [0, 0.05) is 11.1 Å². The van der Waals surface area contributed by atoms with E-state index in [9.17, 15) is 4.79 Å². The zero-order chi connectivity index (χ0) is 18.0. The van der Waals surface area contributed by atoms with Crippen molar-refractivity contribution in [1.29, 1.82) is 0 Å². The maximum Gasteiger partial charge on any atom is 0.412 e. The van der Waals surface area contributed by atoms with Gasteiger partial charge in [-0.05, 0) is 19.1 Å². The molecule has 1 aliphatic heterocycles. The van der Waals surface area contributed by atoms with E-state index in [1.165, 1.54) is 0 Å². The fraction of sp³-hybridized carbons (Fsp3) is 0.381. The summed E-state index contributed by atoms with van der Waals surface area (Å²) < 4.78 is 6.20. The van der Waals surface area contributed by atoms with E-state index >= 15 is 0 Å². The van der Waals surface area contributed by atoms with Gasteiger partial charge in [0.15, 0.2) is 5.60 Å². The number of hydrogen-bond donors (Lipinski definition) is 0. The molecule has 1 fully saturated rings. The molecule has 0 spiro atoms. The van der Waals surface area contributed by atoms with E-state index in [1.807, 2.05) is 47.6 Å². The Hall–Kier alpha value is -1.94. The largest absolute Gasteiger partial charge is 0.431 e. The van der Waals surface area contributed by atoms with Crippen molar-refractivity contribution < 1.29 is 9.53 Å². The molecular formula is C21H25NO2S. The SMILES string of the molecule is CSC(C)N1C(=O)OC(c2ccccc2)(c2ccccc2)[C@@H]1C(C)C. The molecule has 0 N–H and O–H groups in total. The first-order valence-corrected chi connectivity index (χ1v) is 9.96. The van der Waals surface area contributed by atoms with Crippen molar-refractivity contribution >= 4 is 17.9 Å². The molecule has 1 saturated heterocycles. The zero-order valence-corrected chi connectivity index (χ0v) is 16.0. The highest BCUT2D eigenvalue weighted by molar-refractivity contribution is 7.99. The summed E-state index contributed by atoms with van der Waals surface area (Å²) in [5.41, 5.74) is 1.24. The molecule has 0 radical (unpaired) electrons. The van der Waals surface area contributed by atoms with Crippen molar-refractivity contribution in [2.45, 2.75) is 37.8 Å². The van der Waals surface area contributed by atoms with Crippen LogP contribution in [0.5, 0.6) is 0 Å². The van der Waals surface area contributed by atoms with Crippen LogP contribution in [0.15, 0.2) is 60.7 Å². The normalized spacial score (nSPS) is 20.6. The van der Waals surface area contributed by atoms with Crippen molar-refractivity contribution in [2.24, 2.45) is 5.92 Å². The van der Waals surface area contributed by atoms with Gasteiger partial charge in [-0.25, -0.2) is 4.79 Å². The van der Waals surface area contributed by atoms with E-state index < -0.39 is 5.60 Å². The molecule has 0 aliphatic carbocycles. The summed E-state index contributed by atoms with van der Waals surface area (Å²) in [6.45, 7) is 6.38. The summed E-state index contributed by atoms with van der Waals surface area (Å²) in [4.78, 5) is 14.9. The van der Waals surface area contributed by atoms with E-state index in [1.54, 1.807) is 11.8 Å². The molecule has 0 saturated carbocycles. The van der Waals surface area contributed by atoms with E-state index in [0.717, 1.165) is 11.1 Å². The molecule has 132 valence electrons. The minimum atomic E-state index is -0.794. The van der Waals surface area contributed by atoms with Crippen molar-refractivity contribution in [3.63, 3.8) is 0 Å². The molecule has 1 aliphatic rings. The molecule has 1 amide bonds. The van der Waals surface area contributed by atoms with Crippen LogP contribution < -0.4 is 0 Å². The Morgan fingerprint density at radius 3 is 1.84 bits per heavy atom.